The van der Waals surface area contributed by atoms with Crippen LogP contribution in [0.4, 0.5) is 0 Å². The third-order valence-electron chi connectivity index (χ3n) is 2.34. The number of hydrogen-bond acceptors (Lipinski definition) is 1. The standard InChI is InChI=1S/C10H12O.H2O/c11-10-7-3-5-8-4-1-2-6-9(8)10;/h1-2,4,6,10-11H,3,5,7H2;1H2/t10-;/m1./s1. The minimum atomic E-state index is -0.208. The van der Waals surface area contributed by atoms with E-state index in [-0.39, 0.29) is 11.6 Å². The van der Waals surface area contributed by atoms with Gasteiger partial charge in [-0.25, -0.2) is 0 Å². The Hall–Kier alpha value is -0.860. The highest BCUT2D eigenvalue weighted by Gasteiger charge is 2.15. The number of aryl methyl sites for hydroxylation is 1. The van der Waals surface area contributed by atoms with Crippen molar-refractivity contribution < 1.29 is 10.6 Å². The largest absolute Gasteiger partial charge is 0.412 e. The molecule has 2 nitrogen and oxygen atoms in total. The predicted octanol–water partition coefficient (Wildman–Crippen LogP) is 1.23. The fourth-order valence-corrected chi connectivity index (χ4v) is 1.73. The molecule has 12 heavy (non-hydrogen) atoms. The van der Waals surface area contributed by atoms with Crippen molar-refractivity contribution in [2.45, 2.75) is 25.4 Å². The predicted molar refractivity (Wildman–Crippen MR) is 48.0 cm³/mol. The van der Waals surface area contributed by atoms with Crippen LogP contribution in [-0.2, 0) is 6.42 Å². The Morgan fingerprint density at radius 2 is 2.00 bits per heavy atom. The second-order valence-electron chi connectivity index (χ2n) is 3.11. The Morgan fingerprint density at radius 3 is 2.75 bits per heavy atom. The van der Waals surface area contributed by atoms with E-state index in [1.807, 2.05) is 18.2 Å². The van der Waals surface area contributed by atoms with Crippen LogP contribution >= 0.6 is 0 Å². The van der Waals surface area contributed by atoms with Crippen molar-refractivity contribution in [1.29, 1.82) is 0 Å². The molecule has 0 saturated heterocycles. The monoisotopic (exact) mass is 166 g/mol. The maximum absolute atomic E-state index is 9.56. The van der Waals surface area contributed by atoms with Gasteiger partial charge in [0.05, 0.1) is 6.10 Å². The maximum atomic E-state index is 9.56. The molecule has 2 heteroatoms. The summed E-state index contributed by atoms with van der Waals surface area (Å²) in [7, 11) is 0. The molecule has 66 valence electrons. The van der Waals surface area contributed by atoms with E-state index >= 15 is 0 Å². The molecule has 2 rings (SSSR count). The molecule has 0 aliphatic heterocycles. The summed E-state index contributed by atoms with van der Waals surface area (Å²) < 4.78 is 0. The summed E-state index contributed by atoms with van der Waals surface area (Å²) in [6.45, 7) is 0. The van der Waals surface area contributed by atoms with Crippen LogP contribution in [0.5, 0.6) is 0 Å². The van der Waals surface area contributed by atoms with Gasteiger partial charge in [0.2, 0.25) is 0 Å². The van der Waals surface area contributed by atoms with Gasteiger partial charge >= 0.3 is 0 Å². The first-order valence-corrected chi connectivity index (χ1v) is 4.14. The van der Waals surface area contributed by atoms with Crippen molar-refractivity contribution in [3.8, 4) is 0 Å². The average Bonchev–Trinajstić information content (AvgIpc) is 2.06. The first-order chi connectivity index (χ1) is 5.38. The van der Waals surface area contributed by atoms with Gasteiger partial charge in [0, 0.05) is 0 Å². The molecule has 0 amide bonds. The zero-order chi connectivity index (χ0) is 7.68. The normalized spacial score (nSPS) is 20.9. The van der Waals surface area contributed by atoms with Gasteiger partial charge in [-0.15, -0.1) is 0 Å². The number of aliphatic hydroxyl groups is 1. The minimum absolute atomic E-state index is 0. The molecule has 0 bridgehead atoms. The van der Waals surface area contributed by atoms with E-state index in [4.69, 9.17) is 0 Å². The summed E-state index contributed by atoms with van der Waals surface area (Å²) in [6, 6.07) is 8.17. The van der Waals surface area contributed by atoms with Crippen LogP contribution in [0.15, 0.2) is 24.3 Å². The van der Waals surface area contributed by atoms with Gasteiger partial charge in [0.25, 0.3) is 0 Å². The Balaban J connectivity index is 0.000000720. The Morgan fingerprint density at radius 1 is 1.25 bits per heavy atom. The summed E-state index contributed by atoms with van der Waals surface area (Å²) in [5, 5.41) is 9.56. The first kappa shape index (κ1) is 9.23. The molecule has 0 fully saturated rings. The van der Waals surface area contributed by atoms with Crippen LogP contribution in [0, 0.1) is 0 Å². The summed E-state index contributed by atoms with van der Waals surface area (Å²) in [5.41, 5.74) is 2.46. The molecule has 1 aromatic rings. The van der Waals surface area contributed by atoms with Gasteiger partial charge in [-0.05, 0) is 30.4 Å². The van der Waals surface area contributed by atoms with Crippen molar-refractivity contribution in [3.05, 3.63) is 35.4 Å². The molecule has 0 heterocycles. The summed E-state index contributed by atoms with van der Waals surface area (Å²) >= 11 is 0. The Labute approximate surface area is 72.2 Å². The average molecular weight is 166 g/mol. The lowest BCUT2D eigenvalue weighted by atomic mass is 9.90. The quantitative estimate of drug-likeness (QED) is 0.619. The lowest BCUT2D eigenvalue weighted by molar-refractivity contribution is 0.156. The molecular formula is C10H14O2. The number of hydrogen-bond donors (Lipinski definition) is 1. The van der Waals surface area contributed by atoms with E-state index in [9.17, 15) is 5.11 Å². The molecule has 0 aromatic heterocycles. The zero-order valence-electron chi connectivity index (χ0n) is 6.96. The van der Waals surface area contributed by atoms with Crippen molar-refractivity contribution in [1.82, 2.24) is 0 Å². The van der Waals surface area contributed by atoms with Crippen molar-refractivity contribution in [3.63, 3.8) is 0 Å². The van der Waals surface area contributed by atoms with Gasteiger partial charge < -0.3 is 10.6 Å². The van der Waals surface area contributed by atoms with Crippen LogP contribution in [0.3, 0.4) is 0 Å². The molecule has 1 aliphatic carbocycles. The Kier molecular flexibility index (Phi) is 2.84. The highest BCUT2D eigenvalue weighted by molar-refractivity contribution is 5.30. The van der Waals surface area contributed by atoms with Crippen molar-refractivity contribution >= 4 is 0 Å². The fourth-order valence-electron chi connectivity index (χ4n) is 1.73. The molecule has 3 N–H and O–H groups in total. The topological polar surface area (TPSA) is 51.7 Å². The summed E-state index contributed by atoms with van der Waals surface area (Å²) in [6.07, 6.45) is 2.97. The van der Waals surface area contributed by atoms with Gasteiger partial charge in [0.15, 0.2) is 0 Å². The summed E-state index contributed by atoms with van der Waals surface area (Å²) in [4.78, 5) is 0. The van der Waals surface area contributed by atoms with Gasteiger partial charge in [0.1, 0.15) is 0 Å². The molecule has 0 unspecified atom stereocenters. The van der Waals surface area contributed by atoms with Crippen molar-refractivity contribution in [2.75, 3.05) is 0 Å². The van der Waals surface area contributed by atoms with Gasteiger partial charge in [-0.2, -0.15) is 0 Å². The smallest absolute Gasteiger partial charge is 0.0792 e. The number of fused-ring (bicyclic) bond motifs is 1. The fraction of sp³-hybridized carbons (Fsp3) is 0.400. The van der Waals surface area contributed by atoms with Crippen molar-refractivity contribution in [2.24, 2.45) is 0 Å². The number of benzene rings is 1. The number of aliphatic hydroxyl groups excluding tert-OH is 1. The molecular weight excluding hydrogens is 152 g/mol. The van der Waals surface area contributed by atoms with Crippen LogP contribution < -0.4 is 0 Å². The van der Waals surface area contributed by atoms with Crippen LogP contribution in [0.1, 0.15) is 30.1 Å². The van der Waals surface area contributed by atoms with Gasteiger partial charge in [-0.3, -0.25) is 0 Å². The van der Waals surface area contributed by atoms with Crippen LogP contribution in [-0.4, -0.2) is 10.6 Å². The minimum Gasteiger partial charge on any atom is -0.412 e. The SMILES string of the molecule is O.O[C@@H]1CCCc2ccccc21. The lowest BCUT2D eigenvalue weighted by Gasteiger charge is -2.20. The maximum Gasteiger partial charge on any atom is 0.0792 e. The third kappa shape index (κ3) is 1.49. The zero-order valence-corrected chi connectivity index (χ0v) is 6.96. The lowest BCUT2D eigenvalue weighted by Crippen LogP contribution is -2.08. The van der Waals surface area contributed by atoms with E-state index in [0.717, 1.165) is 24.8 Å². The van der Waals surface area contributed by atoms with E-state index in [1.165, 1.54) is 5.56 Å². The van der Waals surface area contributed by atoms with Gasteiger partial charge in [-0.1, -0.05) is 24.3 Å². The van der Waals surface area contributed by atoms with Crippen LogP contribution in [0.25, 0.3) is 0 Å². The summed E-state index contributed by atoms with van der Waals surface area (Å²) in [5.74, 6) is 0. The van der Waals surface area contributed by atoms with E-state index in [2.05, 4.69) is 6.07 Å². The molecule has 1 aromatic carbocycles. The molecule has 0 saturated carbocycles. The third-order valence-corrected chi connectivity index (χ3v) is 2.34. The highest BCUT2D eigenvalue weighted by Crippen LogP contribution is 2.28. The molecule has 0 radical (unpaired) electrons. The Bertz CT molecular complexity index is 258. The number of rotatable bonds is 0. The van der Waals surface area contributed by atoms with Crippen LogP contribution in [0.2, 0.25) is 0 Å². The second kappa shape index (κ2) is 3.70. The molecule has 1 atom stereocenters. The molecule has 1 aliphatic rings. The molecule has 0 spiro atoms. The second-order valence-corrected chi connectivity index (χ2v) is 3.11. The van der Waals surface area contributed by atoms with E-state index in [0.29, 0.717) is 0 Å². The first-order valence-electron chi connectivity index (χ1n) is 4.14. The highest BCUT2D eigenvalue weighted by atomic mass is 16.3. The van der Waals surface area contributed by atoms with E-state index < -0.39 is 0 Å². The van der Waals surface area contributed by atoms with E-state index in [1.54, 1.807) is 0 Å².